The fraction of sp³-hybridized carbons (Fsp3) is 0.0476. The second kappa shape index (κ2) is 7.42. The Morgan fingerprint density at radius 1 is 0.962 bits per heavy atom. The molecule has 1 amide bonds. The first-order valence-electron chi connectivity index (χ1n) is 8.11. The molecule has 0 saturated heterocycles. The molecule has 0 spiro atoms. The Morgan fingerprint density at radius 2 is 1.69 bits per heavy atom. The molecule has 0 aliphatic rings. The maximum atomic E-state index is 12.3. The van der Waals surface area contributed by atoms with E-state index in [0.29, 0.717) is 5.56 Å². The average molecular weight is 364 g/mol. The van der Waals surface area contributed by atoms with E-state index in [9.17, 15) is 4.79 Å². The molecule has 5 heteroatoms. The Balaban J connectivity index is 0.00000196. The van der Waals surface area contributed by atoms with Crippen molar-refractivity contribution < 1.29 is 4.79 Å². The van der Waals surface area contributed by atoms with Crippen LogP contribution < -0.4 is 5.32 Å². The summed E-state index contributed by atoms with van der Waals surface area (Å²) in [5.74, 6) is -0.127. The number of imidazole rings is 1. The Kier molecular flexibility index (Phi) is 5.05. The van der Waals surface area contributed by atoms with E-state index in [-0.39, 0.29) is 18.3 Å². The first-order chi connectivity index (χ1) is 12.2. The van der Waals surface area contributed by atoms with E-state index in [2.05, 4.69) is 41.5 Å². The number of amides is 1. The van der Waals surface area contributed by atoms with Crippen molar-refractivity contribution in [3.05, 3.63) is 90.3 Å². The first kappa shape index (κ1) is 17.7. The minimum Gasteiger partial charge on any atom is -0.322 e. The summed E-state index contributed by atoms with van der Waals surface area (Å²) in [6, 6.07) is 23.2. The summed E-state index contributed by atoms with van der Waals surface area (Å²) < 4.78 is 2.04. The van der Waals surface area contributed by atoms with E-state index in [4.69, 9.17) is 0 Å². The van der Waals surface area contributed by atoms with E-state index in [0.717, 1.165) is 22.4 Å². The van der Waals surface area contributed by atoms with Gasteiger partial charge in [-0.1, -0.05) is 35.9 Å². The van der Waals surface area contributed by atoms with Gasteiger partial charge in [0.05, 0.1) is 11.0 Å². The zero-order valence-electron chi connectivity index (χ0n) is 14.2. The van der Waals surface area contributed by atoms with Gasteiger partial charge in [0.15, 0.2) is 0 Å². The van der Waals surface area contributed by atoms with E-state index in [1.165, 1.54) is 5.56 Å². The monoisotopic (exact) mass is 363 g/mol. The summed E-state index contributed by atoms with van der Waals surface area (Å²) in [7, 11) is 0. The van der Waals surface area contributed by atoms with E-state index in [1.807, 2.05) is 41.0 Å². The number of nitrogens with one attached hydrogen (secondary N) is 1. The molecule has 0 radical (unpaired) electrons. The van der Waals surface area contributed by atoms with Gasteiger partial charge in [0.2, 0.25) is 0 Å². The quantitative estimate of drug-likeness (QED) is 0.556. The van der Waals surface area contributed by atoms with Crippen molar-refractivity contribution in [2.45, 2.75) is 6.92 Å². The number of anilines is 1. The van der Waals surface area contributed by atoms with E-state index in [1.54, 1.807) is 18.5 Å². The number of rotatable bonds is 3. The molecule has 3 aromatic carbocycles. The fourth-order valence-electron chi connectivity index (χ4n) is 2.79. The van der Waals surface area contributed by atoms with Gasteiger partial charge in [-0.05, 0) is 49.4 Å². The predicted molar refractivity (Wildman–Crippen MR) is 107 cm³/mol. The van der Waals surface area contributed by atoms with Gasteiger partial charge >= 0.3 is 0 Å². The van der Waals surface area contributed by atoms with Crippen molar-refractivity contribution in [3.8, 4) is 5.69 Å². The molecule has 4 rings (SSSR count). The molecule has 0 saturated carbocycles. The van der Waals surface area contributed by atoms with Crippen LogP contribution in [0.25, 0.3) is 16.7 Å². The molecule has 1 N–H and O–H groups in total. The van der Waals surface area contributed by atoms with E-state index < -0.39 is 0 Å². The molecular formula is C21H18ClN3O. The van der Waals surface area contributed by atoms with Gasteiger partial charge < -0.3 is 5.32 Å². The smallest absolute Gasteiger partial charge is 0.255 e. The molecule has 0 aliphatic carbocycles. The van der Waals surface area contributed by atoms with Crippen molar-refractivity contribution in [1.29, 1.82) is 0 Å². The lowest BCUT2D eigenvalue weighted by molar-refractivity contribution is 0.102. The summed E-state index contributed by atoms with van der Waals surface area (Å²) >= 11 is 0. The highest BCUT2D eigenvalue weighted by Crippen LogP contribution is 2.22. The second-order valence-electron chi connectivity index (χ2n) is 5.97. The Labute approximate surface area is 157 Å². The Hall–Kier alpha value is -3.11. The minimum atomic E-state index is -0.127. The lowest BCUT2D eigenvalue weighted by Crippen LogP contribution is -2.11. The van der Waals surface area contributed by atoms with Crippen LogP contribution in [0.4, 0.5) is 5.69 Å². The Morgan fingerprint density at radius 3 is 2.42 bits per heavy atom. The van der Waals surface area contributed by atoms with Crippen LogP contribution in [0.5, 0.6) is 0 Å². The number of benzene rings is 3. The zero-order chi connectivity index (χ0) is 17.2. The van der Waals surface area contributed by atoms with Crippen molar-refractivity contribution in [1.82, 2.24) is 9.55 Å². The first-order valence-corrected chi connectivity index (χ1v) is 8.11. The minimum absolute atomic E-state index is 0. The Bertz CT molecular complexity index is 1040. The second-order valence-corrected chi connectivity index (χ2v) is 5.97. The highest BCUT2D eigenvalue weighted by atomic mass is 35.5. The number of aromatic nitrogens is 2. The normalized spacial score (nSPS) is 10.3. The lowest BCUT2D eigenvalue weighted by Gasteiger charge is -2.07. The molecule has 4 nitrogen and oxygen atoms in total. The average Bonchev–Trinajstić information content (AvgIpc) is 3.06. The van der Waals surface area contributed by atoms with E-state index >= 15 is 0 Å². The number of aryl methyl sites for hydroxylation is 1. The molecule has 130 valence electrons. The van der Waals surface area contributed by atoms with Crippen molar-refractivity contribution >= 4 is 35.0 Å². The van der Waals surface area contributed by atoms with Crippen LogP contribution >= 0.6 is 12.4 Å². The van der Waals surface area contributed by atoms with Crippen molar-refractivity contribution in [3.63, 3.8) is 0 Å². The van der Waals surface area contributed by atoms with Crippen LogP contribution in [0.3, 0.4) is 0 Å². The maximum absolute atomic E-state index is 12.3. The molecule has 0 unspecified atom stereocenters. The van der Waals surface area contributed by atoms with Crippen molar-refractivity contribution in [2.75, 3.05) is 5.32 Å². The predicted octanol–water partition coefficient (Wildman–Crippen LogP) is 5.01. The van der Waals surface area contributed by atoms with Gasteiger partial charge in [-0.15, -0.1) is 12.4 Å². The molecule has 0 fully saturated rings. The number of nitrogens with zero attached hydrogens (tertiary/aromatic N) is 2. The SMILES string of the molecule is Cc1ccc(-n2cnc3cc(NC(=O)c4ccccc4)ccc32)cc1.Cl. The number of hydrogen-bond donors (Lipinski definition) is 1. The van der Waals surface area contributed by atoms with Gasteiger partial charge in [0.1, 0.15) is 6.33 Å². The summed E-state index contributed by atoms with van der Waals surface area (Å²) in [6.45, 7) is 2.07. The fourth-order valence-corrected chi connectivity index (χ4v) is 2.79. The molecule has 0 atom stereocenters. The van der Waals surface area contributed by atoms with Gasteiger partial charge in [0.25, 0.3) is 5.91 Å². The number of halogens is 1. The number of hydrogen-bond acceptors (Lipinski definition) is 2. The third-order valence-electron chi connectivity index (χ3n) is 4.15. The molecule has 26 heavy (non-hydrogen) atoms. The number of fused-ring (bicyclic) bond motifs is 1. The molecule has 1 aromatic heterocycles. The highest BCUT2D eigenvalue weighted by Gasteiger charge is 2.08. The zero-order valence-corrected chi connectivity index (χ0v) is 15.0. The summed E-state index contributed by atoms with van der Waals surface area (Å²) in [5, 5.41) is 2.92. The molecule has 0 aliphatic heterocycles. The van der Waals surface area contributed by atoms with Crippen molar-refractivity contribution in [2.24, 2.45) is 0 Å². The van der Waals surface area contributed by atoms with Crippen LogP contribution in [0.2, 0.25) is 0 Å². The summed E-state index contributed by atoms with van der Waals surface area (Å²) in [4.78, 5) is 16.7. The van der Waals surface area contributed by atoms with Gasteiger partial charge in [0, 0.05) is 16.9 Å². The van der Waals surface area contributed by atoms with Crippen LogP contribution in [0.1, 0.15) is 15.9 Å². The van der Waals surface area contributed by atoms with Crippen LogP contribution in [-0.2, 0) is 0 Å². The standard InChI is InChI=1S/C21H17N3O.ClH/c1-15-7-10-18(11-8-15)24-14-22-19-13-17(9-12-20(19)24)23-21(25)16-5-3-2-4-6-16;/h2-14H,1H3,(H,23,25);1H. The molecule has 4 aromatic rings. The van der Waals surface area contributed by atoms with Crippen LogP contribution in [0.15, 0.2) is 79.1 Å². The number of carbonyl (C=O) groups is 1. The molecular weight excluding hydrogens is 346 g/mol. The number of carbonyl (C=O) groups excluding carboxylic acids is 1. The van der Waals surface area contributed by atoms with Gasteiger partial charge in [-0.2, -0.15) is 0 Å². The van der Waals surface area contributed by atoms with Gasteiger partial charge in [-0.25, -0.2) is 4.98 Å². The van der Waals surface area contributed by atoms with Crippen LogP contribution in [-0.4, -0.2) is 15.5 Å². The lowest BCUT2D eigenvalue weighted by atomic mass is 10.2. The molecule has 0 bridgehead atoms. The largest absolute Gasteiger partial charge is 0.322 e. The van der Waals surface area contributed by atoms with Gasteiger partial charge in [-0.3, -0.25) is 9.36 Å². The topological polar surface area (TPSA) is 46.9 Å². The van der Waals surface area contributed by atoms with Crippen LogP contribution in [0, 0.1) is 6.92 Å². The summed E-state index contributed by atoms with van der Waals surface area (Å²) in [5.41, 5.74) is 5.49. The summed E-state index contributed by atoms with van der Waals surface area (Å²) in [6.07, 6.45) is 1.80. The third-order valence-corrected chi connectivity index (χ3v) is 4.15. The third kappa shape index (κ3) is 3.46. The highest BCUT2D eigenvalue weighted by molar-refractivity contribution is 6.04. The maximum Gasteiger partial charge on any atom is 0.255 e. The molecule has 1 heterocycles.